The van der Waals surface area contributed by atoms with Gasteiger partial charge in [-0.15, -0.1) is 12.4 Å². The molecule has 1 heterocycles. The largest absolute Gasteiger partial charge is 0.342 e. The zero-order valence-electron chi connectivity index (χ0n) is 8.71. The maximum absolute atomic E-state index is 11.9. The highest BCUT2D eigenvalue weighted by Crippen LogP contribution is 2.27. The van der Waals surface area contributed by atoms with Crippen LogP contribution in [0.25, 0.3) is 0 Å². The molecule has 0 N–H and O–H groups in total. The molecule has 0 unspecified atom stereocenters. The van der Waals surface area contributed by atoms with E-state index in [-0.39, 0.29) is 12.4 Å². The fraction of sp³-hybridized carbons (Fsp3) is 0.909. The smallest absolute Gasteiger partial charge is 0.225 e. The van der Waals surface area contributed by atoms with Crippen LogP contribution in [0.5, 0.6) is 0 Å². The Bertz CT molecular complexity index is 184. The van der Waals surface area contributed by atoms with Gasteiger partial charge in [0.2, 0.25) is 5.91 Å². The maximum Gasteiger partial charge on any atom is 0.225 e. The summed E-state index contributed by atoms with van der Waals surface area (Å²) in [5.74, 6) is 0.843. The first-order valence-electron chi connectivity index (χ1n) is 5.67. The van der Waals surface area contributed by atoms with E-state index in [4.69, 9.17) is 0 Å². The maximum atomic E-state index is 11.9. The van der Waals surface area contributed by atoms with Crippen LogP contribution in [0.2, 0.25) is 0 Å². The van der Waals surface area contributed by atoms with Gasteiger partial charge in [-0.25, -0.2) is 0 Å². The van der Waals surface area contributed by atoms with Crippen LogP contribution in [0.15, 0.2) is 0 Å². The number of hydrogen-bond donors (Lipinski definition) is 0. The first kappa shape index (κ1) is 11.8. The second-order valence-corrected chi connectivity index (χ2v) is 4.37. The molecule has 1 aliphatic carbocycles. The van der Waals surface area contributed by atoms with E-state index in [0.29, 0.717) is 11.8 Å². The number of hydrogen-bond acceptors (Lipinski definition) is 1. The lowest BCUT2D eigenvalue weighted by Gasteiger charge is -2.29. The summed E-state index contributed by atoms with van der Waals surface area (Å²) in [7, 11) is 0. The third kappa shape index (κ3) is 2.63. The lowest BCUT2D eigenvalue weighted by atomic mass is 10.0. The Morgan fingerprint density at radius 3 is 2.07 bits per heavy atom. The number of carbonyl (C=O) groups is 1. The molecule has 0 aromatic rings. The van der Waals surface area contributed by atoms with Crippen molar-refractivity contribution in [2.24, 2.45) is 5.92 Å². The molecule has 0 bridgehead atoms. The number of halogens is 1. The molecule has 2 nitrogen and oxygen atoms in total. The third-order valence-corrected chi connectivity index (χ3v) is 3.37. The summed E-state index contributed by atoms with van der Waals surface area (Å²) in [5, 5.41) is 0. The van der Waals surface area contributed by atoms with E-state index in [1.165, 1.54) is 32.1 Å². The Morgan fingerprint density at radius 1 is 0.929 bits per heavy atom. The van der Waals surface area contributed by atoms with Gasteiger partial charge in [-0.3, -0.25) is 4.79 Å². The Morgan fingerprint density at radius 2 is 1.50 bits per heavy atom. The zero-order chi connectivity index (χ0) is 9.10. The van der Waals surface area contributed by atoms with Crippen LogP contribution in [0.1, 0.15) is 44.9 Å². The van der Waals surface area contributed by atoms with Gasteiger partial charge in [0.25, 0.3) is 0 Å². The van der Waals surface area contributed by atoms with Crippen molar-refractivity contribution in [1.29, 1.82) is 0 Å². The van der Waals surface area contributed by atoms with E-state index in [2.05, 4.69) is 4.90 Å². The van der Waals surface area contributed by atoms with Crippen molar-refractivity contribution in [2.45, 2.75) is 44.9 Å². The summed E-state index contributed by atoms with van der Waals surface area (Å²) in [4.78, 5) is 14.0. The number of likely N-dealkylation sites (tertiary alicyclic amines) is 1. The standard InChI is InChI=1S/C11H19NO.ClH/c13-11(10-6-2-3-7-10)12-8-4-1-5-9-12;/h10H,1-9H2;1H. The summed E-state index contributed by atoms with van der Waals surface area (Å²) in [6.07, 6.45) is 8.59. The molecule has 82 valence electrons. The van der Waals surface area contributed by atoms with Gasteiger partial charge >= 0.3 is 0 Å². The molecule has 2 fully saturated rings. The summed E-state index contributed by atoms with van der Waals surface area (Å²) < 4.78 is 0. The third-order valence-electron chi connectivity index (χ3n) is 3.37. The molecule has 0 atom stereocenters. The molecule has 2 aliphatic rings. The number of amides is 1. The van der Waals surface area contributed by atoms with E-state index in [1.54, 1.807) is 0 Å². The van der Waals surface area contributed by atoms with Crippen molar-refractivity contribution in [1.82, 2.24) is 4.90 Å². The summed E-state index contributed by atoms with van der Waals surface area (Å²) in [6.45, 7) is 2.05. The van der Waals surface area contributed by atoms with Crippen molar-refractivity contribution in [2.75, 3.05) is 13.1 Å². The molecule has 0 spiro atoms. The van der Waals surface area contributed by atoms with E-state index < -0.39 is 0 Å². The molecule has 3 heteroatoms. The Balaban J connectivity index is 0.000000980. The van der Waals surface area contributed by atoms with Crippen LogP contribution in [-0.4, -0.2) is 23.9 Å². The minimum Gasteiger partial charge on any atom is -0.342 e. The molecule has 0 aromatic heterocycles. The molecule has 1 saturated carbocycles. The van der Waals surface area contributed by atoms with Gasteiger partial charge in [0.15, 0.2) is 0 Å². The Hall–Kier alpha value is -0.240. The number of carbonyl (C=O) groups excluding carboxylic acids is 1. The second kappa shape index (κ2) is 5.59. The van der Waals surface area contributed by atoms with Crippen molar-refractivity contribution in [3.8, 4) is 0 Å². The van der Waals surface area contributed by atoms with Gasteiger partial charge in [0.1, 0.15) is 0 Å². The van der Waals surface area contributed by atoms with Crippen molar-refractivity contribution < 1.29 is 4.79 Å². The van der Waals surface area contributed by atoms with Gasteiger partial charge in [0, 0.05) is 19.0 Å². The van der Waals surface area contributed by atoms with Crippen LogP contribution < -0.4 is 0 Å². The summed E-state index contributed by atoms with van der Waals surface area (Å²) >= 11 is 0. The number of rotatable bonds is 1. The van der Waals surface area contributed by atoms with Crippen LogP contribution in [0.3, 0.4) is 0 Å². The lowest BCUT2D eigenvalue weighted by molar-refractivity contribution is -0.136. The predicted octanol–water partition coefficient (Wildman–Crippen LogP) is 2.61. The van der Waals surface area contributed by atoms with Crippen molar-refractivity contribution in [3.05, 3.63) is 0 Å². The molecule has 1 saturated heterocycles. The van der Waals surface area contributed by atoms with Crippen LogP contribution in [0, 0.1) is 5.92 Å². The quantitative estimate of drug-likeness (QED) is 0.661. The van der Waals surface area contributed by atoms with E-state index in [0.717, 1.165) is 25.9 Å². The van der Waals surface area contributed by atoms with Gasteiger partial charge in [-0.05, 0) is 32.1 Å². The monoisotopic (exact) mass is 217 g/mol. The molecule has 0 radical (unpaired) electrons. The van der Waals surface area contributed by atoms with Crippen molar-refractivity contribution in [3.63, 3.8) is 0 Å². The fourth-order valence-electron chi connectivity index (χ4n) is 2.55. The zero-order valence-corrected chi connectivity index (χ0v) is 9.52. The van der Waals surface area contributed by atoms with Gasteiger partial charge < -0.3 is 4.90 Å². The van der Waals surface area contributed by atoms with E-state index in [1.807, 2.05) is 0 Å². The topological polar surface area (TPSA) is 20.3 Å². The van der Waals surface area contributed by atoms with Gasteiger partial charge in [-0.2, -0.15) is 0 Å². The Kier molecular flexibility index (Phi) is 4.73. The average molecular weight is 218 g/mol. The second-order valence-electron chi connectivity index (χ2n) is 4.37. The molecular weight excluding hydrogens is 198 g/mol. The Labute approximate surface area is 92.5 Å². The first-order chi connectivity index (χ1) is 6.38. The molecule has 2 rings (SSSR count). The molecule has 1 amide bonds. The molecule has 0 aromatic carbocycles. The van der Waals surface area contributed by atoms with Crippen LogP contribution in [-0.2, 0) is 4.79 Å². The predicted molar refractivity (Wildman–Crippen MR) is 59.6 cm³/mol. The minimum absolute atomic E-state index is 0. The van der Waals surface area contributed by atoms with E-state index >= 15 is 0 Å². The van der Waals surface area contributed by atoms with Gasteiger partial charge in [0.05, 0.1) is 0 Å². The number of piperidine rings is 1. The fourth-order valence-corrected chi connectivity index (χ4v) is 2.55. The summed E-state index contributed by atoms with van der Waals surface area (Å²) in [6, 6.07) is 0. The molecule has 14 heavy (non-hydrogen) atoms. The lowest BCUT2D eigenvalue weighted by Crippen LogP contribution is -2.38. The molecule has 1 aliphatic heterocycles. The highest BCUT2D eigenvalue weighted by atomic mass is 35.5. The summed E-state index contributed by atoms with van der Waals surface area (Å²) in [5.41, 5.74) is 0. The minimum atomic E-state index is 0. The number of nitrogens with zero attached hydrogens (tertiary/aromatic N) is 1. The molecular formula is C11H20ClNO. The van der Waals surface area contributed by atoms with Crippen molar-refractivity contribution >= 4 is 18.3 Å². The average Bonchev–Trinajstić information content (AvgIpc) is 2.71. The van der Waals surface area contributed by atoms with Crippen LogP contribution in [0.4, 0.5) is 0 Å². The highest BCUT2D eigenvalue weighted by molar-refractivity contribution is 5.85. The van der Waals surface area contributed by atoms with Gasteiger partial charge in [-0.1, -0.05) is 12.8 Å². The normalized spacial score (nSPS) is 23.3. The first-order valence-corrected chi connectivity index (χ1v) is 5.67. The van der Waals surface area contributed by atoms with Crippen LogP contribution >= 0.6 is 12.4 Å². The SMILES string of the molecule is Cl.O=C(C1CCCC1)N1CCCCC1. The highest BCUT2D eigenvalue weighted by Gasteiger charge is 2.27. The van der Waals surface area contributed by atoms with E-state index in [9.17, 15) is 4.79 Å².